The van der Waals surface area contributed by atoms with Gasteiger partial charge in [-0.1, -0.05) is 6.92 Å². The van der Waals surface area contributed by atoms with Gasteiger partial charge in [0.25, 0.3) is 0 Å². The molecule has 0 bridgehead atoms. The monoisotopic (exact) mass is 240 g/mol. The van der Waals surface area contributed by atoms with E-state index < -0.39 is 0 Å². The summed E-state index contributed by atoms with van der Waals surface area (Å²) in [4.78, 5) is 2.55. The van der Waals surface area contributed by atoms with Gasteiger partial charge in [0.15, 0.2) is 0 Å². The van der Waals surface area contributed by atoms with Crippen LogP contribution in [0, 0.1) is 5.92 Å². The predicted octanol–water partition coefficient (Wildman–Crippen LogP) is 1.61. The van der Waals surface area contributed by atoms with Gasteiger partial charge < -0.3 is 15.3 Å². The van der Waals surface area contributed by atoms with Crippen LogP contribution in [0.15, 0.2) is 0 Å². The predicted molar refractivity (Wildman–Crippen MR) is 71.1 cm³/mol. The van der Waals surface area contributed by atoms with Crippen LogP contribution in [0.3, 0.4) is 0 Å². The average Bonchev–Trinajstić information content (AvgIpc) is 2.39. The number of hydrogen-bond acceptors (Lipinski definition) is 3. The third-order valence-corrected chi connectivity index (χ3v) is 4.55. The Morgan fingerprint density at radius 1 is 1.06 bits per heavy atom. The smallest absolute Gasteiger partial charge is 0.0541 e. The number of aliphatic hydroxyl groups is 1. The second-order valence-corrected chi connectivity index (χ2v) is 5.79. The summed E-state index contributed by atoms with van der Waals surface area (Å²) in [5.74, 6) is 0.879. The van der Waals surface area contributed by atoms with Crippen molar-refractivity contribution < 1.29 is 5.11 Å². The van der Waals surface area contributed by atoms with Crippen LogP contribution in [0.25, 0.3) is 0 Å². The molecule has 3 heteroatoms. The highest BCUT2D eigenvalue weighted by molar-refractivity contribution is 4.79. The van der Waals surface area contributed by atoms with E-state index in [1.807, 2.05) is 0 Å². The van der Waals surface area contributed by atoms with Crippen LogP contribution in [-0.2, 0) is 0 Å². The Labute approximate surface area is 106 Å². The Kier molecular flexibility index (Phi) is 5.26. The van der Waals surface area contributed by atoms with Crippen LogP contribution < -0.4 is 5.32 Å². The highest BCUT2D eigenvalue weighted by atomic mass is 16.3. The molecule has 2 N–H and O–H groups in total. The molecule has 0 aromatic heterocycles. The van der Waals surface area contributed by atoms with Crippen molar-refractivity contribution in [2.45, 2.75) is 57.6 Å². The van der Waals surface area contributed by atoms with E-state index in [2.05, 4.69) is 17.1 Å². The molecule has 0 atom stereocenters. The lowest BCUT2D eigenvalue weighted by molar-refractivity contribution is 0.113. The van der Waals surface area contributed by atoms with Crippen molar-refractivity contribution in [3.05, 3.63) is 0 Å². The molecular weight excluding hydrogens is 212 g/mol. The molecule has 0 aromatic carbocycles. The molecule has 100 valence electrons. The summed E-state index contributed by atoms with van der Waals surface area (Å²) in [6.07, 6.45) is 7.00. The molecule has 1 saturated heterocycles. The van der Waals surface area contributed by atoms with Crippen molar-refractivity contribution in [1.82, 2.24) is 10.2 Å². The fourth-order valence-corrected chi connectivity index (χ4v) is 3.12. The SMILES string of the molecule is CCN1CCC(CNC2CCC(O)CC2)CC1. The minimum absolute atomic E-state index is 0.0270. The van der Waals surface area contributed by atoms with E-state index in [4.69, 9.17) is 0 Å². The van der Waals surface area contributed by atoms with Gasteiger partial charge in [0.2, 0.25) is 0 Å². The summed E-state index contributed by atoms with van der Waals surface area (Å²) in [6.45, 7) is 7.23. The zero-order chi connectivity index (χ0) is 12.1. The normalized spacial score (nSPS) is 32.8. The summed E-state index contributed by atoms with van der Waals surface area (Å²) in [6, 6.07) is 0.669. The summed E-state index contributed by atoms with van der Waals surface area (Å²) in [7, 11) is 0. The molecule has 0 aromatic rings. The van der Waals surface area contributed by atoms with E-state index >= 15 is 0 Å². The molecule has 2 aliphatic rings. The van der Waals surface area contributed by atoms with Crippen molar-refractivity contribution in [3.63, 3.8) is 0 Å². The Hall–Kier alpha value is -0.120. The number of nitrogens with one attached hydrogen (secondary N) is 1. The van der Waals surface area contributed by atoms with Crippen molar-refractivity contribution >= 4 is 0 Å². The van der Waals surface area contributed by atoms with E-state index in [9.17, 15) is 5.11 Å². The molecule has 0 unspecified atom stereocenters. The standard InChI is InChI=1S/C14H28N2O/c1-2-16-9-7-12(8-10-16)11-15-13-3-5-14(17)6-4-13/h12-15,17H,2-11H2,1H3. The van der Waals surface area contributed by atoms with Gasteiger partial charge in [0.1, 0.15) is 0 Å². The third kappa shape index (κ3) is 4.23. The first-order valence-corrected chi connectivity index (χ1v) is 7.41. The number of nitrogens with zero attached hydrogens (tertiary/aromatic N) is 1. The van der Waals surface area contributed by atoms with Crippen LogP contribution in [-0.4, -0.2) is 48.3 Å². The van der Waals surface area contributed by atoms with Crippen LogP contribution in [0.1, 0.15) is 45.4 Å². The van der Waals surface area contributed by atoms with Crippen LogP contribution in [0.5, 0.6) is 0 Å². The van der Waals surface area contributed by atoms with Gasteiger partial charge in [-0.05, 0) is 70.6 Å². The van der Waals surface area contributed by atoms with Gasteiger partial charge in [-0.15, -0.1) is 0 Å². The number of hydrogen-bond donors (Lipinski definition) is 2. The van der Waals surface area contributed by atoms with Gasteiger partial charge in [-0.2, -0.15) is 0 Å². The molecular formula is C14H28N2O. The highest BCUT2D eigenvalue weighted by Gasteiger charge is 2.22. The summed E-state index contributed by atoms with van der Waals surface area (Å²) in [5.41, 5.74) is 0. The quantitative estimate of drug-likeness (QED) is 0.784. The number of aliphatic hydroxyl groups excluding tert-OH is 1. The third-order valence-electron chi connectivity index (χ3n) is 4.55. The molecule has 2 rings (SSSR count). The van der Waals surface area contributed by atoms with Crippen molar-refractivity contribution in [3.8, 4) is 0 Å². The van der Waals surface area contributed by atoms with E-state index in [0.29, 0.717) is 6.04 Å². The molecule has 1 aliphatic heterocycles. The maximum Gasteiger partial charge on any atom is 0.0541 e. The van der Waals surface area contributed by atoms with Gasteiger partial charge in [0.05, 0.1) is 6.10 Å². The fourth-order valence-electron chi connectivity index (χ4n) is 3.12. The summed E-state index contributed by atoms with van der Waals surface area (Å²) >= 11 is 0. The fraction of sp³-hybridized carbons (Fsp3) is 1.00. The minimum atomic E-state index is -0.0270. The molecule has 3 nitrogen and oxygen atoms in total. The van der Waals surface area contributed by atoms with Gasteiger partial charge in [0, 0.05) is 6.04 Å². The number of likely N-dealkylation sites (tertiary alicyclic amines) is 1. The Morgan fingerprint density at radius 2 is 1.71 bits per heavy atom. The second-order valence-electron chi connectivity index (χ2n) is 5.79. The Balaban J connectivity index is 1.59. The second kappa shape index (κ2) is 6.72. The molecule has 0 radical (unpaired) electrons. The zero-order valence-corrected chi connectivity index (χ0v) is 11.2. The molecule has 1 saturated carbocycles. The molecule has 1 heterocycles. The molecule has 0 spiro atoms. The number of piperidine rings is 1. The van der Waals surface area contributed by atoms with Crippen LogP contribution in [0.2, 0.25) is 0 Å². The van der Waals surface area contributed by atoms with Gasteiger partial charge >= 0.3 is 0 Å². The van der Waals surface area contributed by atoms with Crippen LogP contribution >= 0.6 is 0 Å². The van der Waals surface area contributed by atoms with Crippen molar-refractivity contribution in [2.24, 2.45) is 5.92 Å². The van der Waals surface area contributed by atoms with Gasteiger partial charge in [-0.3, -0.25) is 0 Å². The topological polar surface area (TPSA) is 35.5 Å². The Bertz CT molecular complexity index is 206. The van der Waals surface area contributed by atoms with Crippen molar-refractivity contribution in [2.75, 3.05) is 26.2 Å². The van der Waals surface area contributed by atoms with E-state index in [1.54, 1.807) is 0 Å². The maximum atomic E-state index is 9.47. The summed E-state index contributed by atoms with van der Waals surface area (Å²) in [5, 5.41) is 13.2. The molecule has 2 fully saturated rings. The Morgan fingerprint density at radius 3 is 2.29 bits per heavy atom. The van der Waals surface area contributed by atoms with Crippen molar-refractivity contribution in [1.29, 1.82) is 0 Å². The minimum Gasteiger partial charge on any atom is -0.393 e. The lowest BCUT2D eigenvalue weighted by Crippen LogP contribution is -2.41. The van der Waals surface area contributed by atoms with Crippen LogP contribution in [0.4, 0.5) is 0 Å². The van der Waals surface area contributed by atoms with E-state index in [0.717, 1.165) is 31.6 Å². The largest absolute Gasteiger partial charge is 0.393 e. The van der Waals surface area contributed by atoms with Gasteiger partial charge in [-0.25, -0.2) is 0 Å². The lowest BCUT2D eigenvalue weighted by Gasteiger charge is -2.33. The first-order valence-electron chi connectivity index (χ1n) is 7.41. The highest BCUT2D eigenvalue weighted by Crippen LogP contribution is 2.20. The zero-order valence-electron chi connectivity index (χ0n) is 11.2. The first kappa shape index (κ1) is 13.3. The lowest BCUT2D eigenvalue weighted by atomic mass is 9.91. The average molecular weight is 240 g/mol. The molecule has 17 heavy (non-hydrogen) atoms. The summed E-state index contributed by atoms with van der Waals surface area (Å²) < 4.78 is 0. The van der Waals surface area contributed by atoms with E-state index in [-0.39, 0.29) is 6.10 Å². The molecule has 0 amide bonds. The van der Waals surface area contributed by atoms with E-state index in [1.165, 1.54) is 39.0 Å². The number of rotatable bonds is 4. The first-order chi connectivity index (χ1) is 8.28. The molecule has 1 aliphatic carbocycles. The maximum absolute atomic E-state index is 9.47.